The van der Waals surface area contributed by atoms with Crippen LogP contribution >= 0.6 is 11.6 Å². The molecule has 0 bridgehead atoms. The molecule has 0 spiro atoms. The maximum Gasteiger partial charge on any atom is 0.232 e. The number of sulfonamides is 1. The number of amides is 1. The van der Waals surface area contributed by atoms with Crippen LogP contribution in [-0.2, 0) is 14.8 Å². The van der Waals surface area contributed by atoms with E-state index in [0.717, 1.165) is 11.8 Å². The van der Waals surface area contributed by atoms with Crippen LogP contribution in [0.15, 0.2) is 36.4 Å². The van der Waals surface area contributed by atoms with Gasteiger partial charge in [0.25, 0.3) is 0 Å². The van der Waals surface area contributed by atoms with Crippen LogP contribution in [0.2, 0.25) is 5.02 Å². The number of rotatable bonds is 10. The molecule has 2 aromatic carbocycles. The monoisotopic (exact) mass is 468 g/mol. The zero-order valence-electron chi connectivity index (χ0n) is 18.4. The van der Waals surface area contributed by atoms with Gasteiger partial charge in [-0.25, -0.2) is 8.42 Å². The zero-order chi connectivity index (χ0) is 23.2. The van der Waals surface area contributed by atoms with Gasteiger partial charge in [-0.3, -0.25) is 9.10 Å². The fraction of sp³-hybridized carbons (Fsp3) is 0.409. The average molecular weight is 469 g/mol. The maximum absolute atomic E-state index is 12.5. The number of methoxy groups -OCH3 is 2. The number of nitrogens with one attached hydrogen (secondary N) is 1. The first-order valence-corrected chi connectivity index (χ1v) is 12.0. The molecule has 31 heavy (non-hydrogen) atoms. The lowest BCUT2D eigenvalue weighted by atomic mass is 10.1. The van der Waals surface area contributed by atoms with Gasteiger partial charge in [0.15, 0.2) is 0 Å². The molecule has 1 unspecified atom stereocenters. The molecule has 1 amide bonds. The summed E-state index contributed by atoms with van der Waals surface area (Å²) in [6, 6.07) is 10.2. The van der Waals surface area contributed by atoms with Crippen molar-refractivity contribution in [1.29, 1.82) is 0 Å². The summed E-state index contributed by atoms with van der Waals surface area (Å²) >= 11 is 6.15. The molecule has 0 saturated heterocycles. The quantitative estimate of drug-likeness (QED) is 0.567. The number of anilines is 1. The van der Waals surface area contributed by atoms with Crippen molar-refractivity contribution >= 4 is 33.2 Å². The third kappa shape index (κ3) is 6.51. The van der Waals surface area contributed by atoms with Crippen LogP contribution in [0, 0.1) is 6.92 Å². The zero-order valence-corrected chi connectivity index (χ0v) is 20.0. The largest absolute Gasteiger partial charge is 0.497 e. The van der Waals surface area contributed by atoms with Crippen molar-refractivity contribution in [2.45, 2.75) is 32.7 Å². The van der Waals surface area contributed by atoms with Gasteiger partial charge >= 0.3 is 0 Å². The van der Waals surface area contributed by atoms with E-state index in [1.165, 1.54) is 4.31 Å². The first-order valence-electron chi connectivity index (χ1n) is 9.82. The normalized spacial score (nSPS) is 12.2. The first-order chi connectivity index (χ1) is 14.6. The Labute approximate surface area is 189 Å². The van der Waals surface area contributed by atoms with Crippen LogP contribution in [-0.4, -0.2) is 41.3 Å². The molecule has 7 nitrogen and oxygen atoms in total. The summed E-state index contributed by atoms with van der Waals surface area (Å²) in [6.07, 6.45) is 1.67. The molecule has 170 valence electrons. The second kappa shape index (κ2) is 10.7. The summed E-state index contributed by atoms with van der Waals surface area (Å²) < 4.78 is 36.6. The lowest BCUT2D eigenvalue weighted by molar-refractivity contribution is -0.121. The molecule has 0 heterocycles. The molecular weight excluding hydrogens is 440 g/mol. The van der Waals surface area contributed by atoms with Gasteiger partial charge in [0.1, 0.15) is 11.5 Å². The van der Waals surface area contributed by atoms with Gasteiger partial charge in [-0.15, -0.1) is 0 Å². The Hall–Kier alpha value is -2.45. The number of carbonyl (C=O) groups excluding carboxylic acids is 1. The molecule has 9 heteroatoms. The first kappa shape index (κ1) is 24.8. The van der Waals surface area contributed by atoms with Crippen molar-refractivity contribution in [3.8, 4) is 11.5 Å². The molecular formula is C22H29ClN2O5S. The molecule has 0 aliphatic heterocycles. The number of carbonyl (C=O) groups is 1. The van der Waals surface area contributed by atoms with E-state index in [9.17, 15) is 13.2 Å². The molecule has 1 N–H and O–H groups in total. The highest BCUT2D eigenvalue weighted by Crippen LogP contribution is 2.30. The van der Waals surface area contributed by atoms with Gasteiger partial charge in [-0.1, -0.05) is 17.7 Å². The van der Waals surface area contributed by atoms with Crippen LogP contribution in [0.25, 0.3) is 0 Å². The average Bonchev–Trinajstić information content (AvgIpc) is 2.72. The van der Waals surface area contributed by atoms with Crippen LogP contribution < -0.4 is 19.1 Å². The number of ether oxygens (including phenoxy) is 2. The van der Waals surface area contributed by atoms with Gasteiger partial charge in [0.05, 0.1) is 32.2 Å². The SMILES string of the molecule is COc1ccc(OC)c(C(C)NC(=O)CCCN(c2cccc(Cl)c2C)S(C)(=O)=O)c1. The third-order valence-corrected chi connectivity index (χ3v) is 6.54. The Bertz CT molecular complexity index is 1030. The van der Waals surface area contributed by atoms with Crippen molar-refractivity contribution in [3.63, 3.8) is 0 Å². The van der Waals surface area contributed by atoms with E-state index in [0.29, 0.717) is 34.2 Å². The minimum absolute atomic E-state index is 0.169. The van der Waals surface area contributed by atoms with E-state index in [1.54, 1.807) is 51.5 Å². The highest BCUT2D eigenvalue weighted by Gasteiger charge is 2.21. The predicted octanol–water partition coefficient (Wildman–Crippen LogP) is 4.09. The number of hydrogen-bond donors (Lipinski definition) is 1. The Kier molecular flexibility index (Phi) is 8.59. The topological polar surface area (TPSA) is 84.9 Å². The van der Waals surface area contributed by atoms with Crippen molar-refractivity contribution in [2.75, 3.05) is 31.3 Å². The number of nitrogens with zero attached hydrogens (tertiary/aromatic N) is 1. The Morgan fingerprint density at radius 3 is 2.52 bits per heavy atom. The molecule has 0 saturated carbocycles. The fourth-order valence-corrected chi connectivity index (χ4v) is 4.47. The van der Waals surface area contributed by atoms with Crippen molar-refractivity contribution in [1.82, 2.24) is 5.32 Å². The third-order valence-electron chi connectivity index (χ3n) is 4.95. The number of hydrogen-bond acceptors (Lipinski definition) is 5. The summed E-state index contributed by atoms with van der Waals surface area (Å²) in [5, 5.41) is 3.42. The smallest absolute Gasteiger partial charge is 0.232 e. The standard InChI is InChI=1S/C22H29ClN2O5S/c1-15-19(23)8-6-9-20(15)25(31(5,27)28)13-7-10-22(26)24-16(2)18-14-17(29-3)11-12-21(18)30-4/h6,8-9,11-12,14,16H,7,10,13H2,1-5H3,(H,24,26). The van der Waals surface area contributed by atoms with Crippen molar-refractivity contribution in [2.24, 2.45) is 0 Å². The van der Waals surface area contributed by atoms with Crippen LogP contribution in [0.3, 0.4) is 0 Å². The molecule has 0 aliphatic rings. The van der Waals surface area contributed by atoms with Gasteiger partial charge in [-0.05, 0) is 56.2 Å². The highest BCUT2D eigenvalue weighted by molar-refractivity contribution is 7.92. The second-order valence-corrected chi connectivity index (χ2v) is 9.53. The van der Waals surface area contributed by atoms with E-state index >= 15 is 0 Å². The molecule has 0 radical (unpaired) electrons. The van der Waals surface area contributed by atoms with E-state index in [1.807, 2.05) is 13.0 Å². The number of benzene rings is 2. The molecule has 2 rings (SSSR count). The minimum Gasteiger partial charge on any atom is -0.497 e. The van der Waals surface area contributed by atoms with E-state index in [4.69, 9.17) is 21.1 Å². The Balaban J connectivity index is 2.04. The van der Waals surface area contributed by atoms with Crippen molar-refractivity contribution in [3.05, 3.63) is 52.5 Å². The van der Waals surface area contributed by atoms with Crippen LogP contribution in [0.5, 0.6) is 11.5 Å². The minimum atomic E-state index is -3.53. The summed E-state index contributed by atoms with van der Waals surface area (Å²) in [5.41, 5.74) is 1.99. The molecule has 0 aliphatic carbocycles. The molecule has 1 atom stereocenters. The van der Waals surface area contributed by atoms with Crippen molar-refractivity contribution < 1.29 is 22.7 Å². The lowest BCUT2D eigenvalue weighted by Crippen LogP contribution is -2.33. The molecule has 0 fully saturated rings. The van der Waals surface area contributed by atoms with Crippen LogP contribution in [0.4, 0.5) is 5.69 Å². The molecule has 2 aromatic rings. The van der Waals surface area contributed by atoms with Gasteiger partial charge in [0.2, 0.25) is 15.9 Å². The van der Waals surface area contributed by atoms with Gasteiger partial charge in [-0.2, -0.15) is 0 Å². The predicted molar refractivity (Wildman–Crippen MR) is 124 cm³/mol. The fourth-order valence-electron chi connectivity index (χ4n) is 3.28. The van der Waals surface area contributed by atoms with E-state index in [-0.39, 0.29) is 24.9 Å². The summed E-state index contributed by atoms with van der Waals surface area (Å²) in [6.45, 7) is 3.80. The van der Waals surface area contributed by atoms with E-state index in [2.05, 4.69) is 5.32 Å². The summed E-state index contributed by atoms with van der Waals surface area (Å²) in [4.78, 5) is 12.5. The molecule has 0 aromatic heterocycles. The summed E-state index contributed by atoms with van der Waals surface area (Å²) in [7, 11) is -0.385. The van der Waals surface area contributed by atoms with Gasteiger partial charge in [0, 0.05) is 23.6 Å². The van der Waals surface area contributed by atoms with Gasteiger partial charge < -0.3 is 14.8 Å². The Morgan fingerprint density at radius 1 is 1.19 bits per heavy atom. The lowest BCUT2D eigenvalue weighted by Gasteiger charge is -2.24. The number of halogens is 1. The van der Waals surface area contributed by atoms with Crippen LogP contribution in [0.1, 0.15) is 36.9 Å². The second-order valence-electron chi connectivity index (χ2n) is 7.22. The Morgan fingerprint density at radius 2 is 1.90 bits per heavy atom. The maximum atomic E-state index is 12.5. The summed E-state index contributed by atoms with van der Waals surface area (Å²) in [5.74, 6) is 1.12. The van der Waals surface area contributed by atoms with E-state index < -0.39 is 10.0 Å². The highest BCUT2D eigenvalue weighted by atomic mass is 35.5.